The first kappa shape index (κ1) is 11.9. The fourth-order valence-corrected chi connectivity index (χ4v) is 0.640. The van der Waals surface area contributed by atoms with E-state index in [4.69, 9.17) is 10.2 Å². The second kappa shape index (κ2) is 4.21. The van der Waals surface area contributed by atoms with E-state index in [9.17, 15) is 0 Å². The second-order valence-corrected chi connectivity index (χ2v) is 4.73. The fraction of sp³-hybridized carbons (Fsp3) is 1.00. The third kappa shape index (κ3) is 4.70. The van der Waals surface area contributed by atoms with Crippen molar-refractivity contribution in [1.82, 2.24) is 5.32 Å². The van der Waals surface area contributed by atoms with Crippen molar-refractivity contribution in [3.05, 3.63) is 0 Å². The first-order valence-corrected chi connectivity index (χ1v) is 4.30. The summed E-state index contributed by atoms with van der Waals surface area (Å²) in [5.41, 5.74) is -0.376. The minimum absolute atomic E-state index is 0.00653. The van der Waals surface area contributed by atoms with Crippen molar-refractivity contribution in [2.75, 3.05) is 19.8 Å². The predicted octanol–water partition coefficient (Wildman–Crippen LogP) is 0.365. The fourth-order valence-electron chi connectivity index (χ4n) is 0.640. The Labute approximate surface area is 74.8 Å². The van der Waals surface area contributed by atoms with E-state index >= 15 is 0 Å². The Hall–Kier alpha value is -0.120. The summed E-state index contributed by atoms with van der Waals surface area (Å²) in [6.45, 7) is 8.67. The van der Waals surface area contributed by atoms with Gasteiger partial charge in [-0.2, -0.15) is 0 Å². The van der Waals surface area contributed by atoms with Gasteiger partial charge in [0.15, 0.2) is 0 Å². The van der Waals surface area contributed by atoms with E-state index in [1.807, 2.05) is 6.92 Å². The third-order valence-electron chi connectivity index (χ3n) is 1.81. The van der Waals surface area contributed by atoms with Gasteiger partial charge in [0, 0.05) is 17.5 Å². The molecule has 3 heteroatoms. The minimum Gasteiger partial charge on any atom is -0.396 e. The molecule has 0 aliphatic heterocycles. The van der Waals surface area contributed by atoms with Gasteiger partial charge in [-0.05, 0) is 20.8 Å². The van der Waals surface area contributed by atoms with E-state index < -0.39 is 5.41 Å². The zero-order valence-corrected chi connectivity index (χ0v) is 8.52. The molecule has 0 aromatic carbocycles. The predicted molar refractivity (Wildman–Crippen MR) is 50.0 cm³/mol. The van der Waals surface area contributed by atoms with Crippen LogP contribution in [0.3, 0.4) is 0 Å². The summed E-state index contributed by atoms with van der Waals surface area (Å²) in [5.74, 6) is 0. The van der Waals surface area contributed by atoms with Gasteiger partial charge in [0.2, 0.25) is 0 Å². The maximum absolute atomic E-state index is 8.98. The molecule has 0 rings (SSSR count). The second-order valence-electron chi connectivity index (χ2n) is 4.73. The highest BCUT2D eigenvalue weighted by Gasteiger charge is 2.24. The molecule has 0 saturated heterocycles. The zero-order valence-electron chi connectivity index (χ0n) is 8.52. The summed E-state index contributed by atoms with van der Waals surface area (Å²) in [5, 5.41) is 21.2. The first-order chi connectivity index (χ1) is 5.33. The molecule has 0 aromatic rings. The van der Waals surface area contributed by atoms with E-state index in [0.717, 1.165) is 0 Å². The average Bonchev–Trinajstić information content (AvgIpc) is 1.99. The number of hydrogen-bond donors (Lipinski definition) is 3. The van der Waals surface area contributed by atoms with Gasteiger partial charge in [-0.25, -0.2) is 0 Å². The van der Waals surface area contributed by atoms with Crippen LogP contribution in [0.2, 0.25) is 0 Å². The van der Waals surface area contributed by atoms with Crippen molar-refractivity contribution >= 4 is 0 Å². The topological polar surface area (TPSA) is 52.5 Å². The Balaban J connectivity index is 3.89. The number of aliphatic hydroxyl groups is 2. The maximum Gasteiger partial charge on any atom is 0.0519 e. The van der Waals surface area contributed by atoms with Gasteiger partial charge < -0.3 is 15.5 Å². The SMILES string of the molecule is CC(CO)(CO)CNC(C)(C)C. The summed E-state index contributed by atoms with van der Waals surface area (Å²) in [4.78, 5) is 0. The molecular weight excluding hydrogens is 154 g/mol. The molecule has 0 heterocycles. The molecule has 0 spiro atoms. The van der Waals surface area contributed by atoms with Crippen LogP contribution in [0.4, 0.5) is 0 Å². The highest BCUT2D eigenvalue weighted by molar-refractivity contribution is 4.80. The van der Waals surface area contributed by atoms with E-state index in [1.54, 1.807) is 0 Å². The summed E-state index contributed by atoms with van der Waals surface area (Å²) in [7, 11) is 0. The summed E-state index contributed by atoms with van der Waals surface area (Å²) in [6.07, 6.45) is 0. The molecule has 0 aliphatic rings. The third-order valence-corrected chi connectivity index (χ3v) is 1.81. The van der Waals surface area contributed by atoms with Gasteiger partial charge in [0.25, 0.3) is 0 Å². The maximum atomic E-state index is 8.98. The van der Waals surface area contributed by atoms with Gasteiger partial charge in [0.05, 0.1) is 13.2 Å². The summed E-state index contributed by atoms with van der Waals surface area (Å²) >= 11 is 0. The molecule has 0 amide bonds. The first-order valence-electron chi connectivity index (χ1n) is 4.30. The van der Waals surface area contributed by atoms with Crippen molar-refractivity contribution in [3.8, 4) is 0 Å². The highest BCUT2D eigenvalue weighted by Crippen LogP contribution is 2.14. The lowest BCUT2D eigenvalue weighted by Gasteiger charge is -2.30. The zero-order chi connectivity index (χ0) is 9.83. The van der Waals surface area contributed by atoms with Crippen LogP contribution in [0.25, 0.3) is 0 Å². The molecule has 0 aliphatic carbocycles. The molecule has 0 saturated carbocycles. The monoisotopic (exact) mass is 175 g/mol. The average molecular weight is 175 g/mol. The number of aliphatic hydroxyl groups excluding tert-OH is 2. The molecule has 74 valence electrons. The Morgan fingerprint density at radius 3 is 1.67 bits per heavy atom. The van der Waals surface area contributed by atoms with Crippen molar-refractivity contribution in [3.63, 3.8) is 0 Å². The van der Waals surface area contributed by atoms with E-state index in [1.165, 1.54) is 0 Å². The van der Waals surface area contributed by atoms with E-state index in [-0.39, 0.29) is 18.8 Å². The summed E-state index contributed by atoms with van der Waals surface area (Å²) < 4.78 is 0. The van der Waals surface area contributed by atoms with Gasteiger partial charge in [-0.1, -0.05) is 6.92 Å². The minimum atomic E-state index is -0.409. The molecule has 0 fully saturated rings. The van der Waals surface area contributed by atoms with Crippen LogP contribution in [0, 0.1) is 5.41 Å². The normalized spacial score (nSPS) is 13.5. The smallest absolute Gasteiger partial charge is 0.0519 e. The Kier molecular flexibility index (Phi) is 4.17. The van der Waals surface area contributed by atoms with Crippen LogP contribution >= 0.6 is 0 Å². The molecule has 0 aromatic heterocycles. The molecule has 0 radical (unpaired) electrons. The van der Waals surface area contributed by atoms with Crippen LogP contribution < -0.4 is 5.32 Å². The van der Waals surface area contributed by atoms with Crippen molar-refractivity contribution < 1.29 is 10.2 Å². The Bertz CT molecular complexity index is 125. The molecule has 0 atom stereocenters. The quantitative estimate of drug-likeness (QED) is 0.578. The molecule has 0 unspecified atom stereocenters. The number of hydrogen-bond acceptors (Lipinski definition) is 3. The Morgan fingerprint density at radius 2 is 1.42 bits per heavy atom. The molecular formula is C9H21NO2. The largest absolute Gasteiger partial charge is 0.396 e. The Morgan fingerprint density at radius 1 is 1.00 bits per heavy atom. The van der Waals surface area contributed by atoms with Crippen molar-refractivity contribution in [1.29, 1.82) is 0 Å². The van der Waals surface area contributed by atoms with Gasteiger partial charge in [0.1, 0.15) is 0 Å². The number of nitrogens with one attached hydrogen (secondary N) is 1. The van der Waals surface area contributed by atoms with Crippen LogP contribution in [-0.2, 0) is 0 Å². The van der Waals surface area contributed by atoms with Crippen LogP contribution in [0.1, 0.15) is 27.7 Å². The van der Waals surface area contributed by atoms with E-state index in [0.29, 0.717) is 6.54 Å². The van der Waals surface area contributed by atoms with E-state index in [2.05, 4.69) is 26.1 Å². The van der Waals surface area contributed by atoms with Gasteiger partial charge in [-0.3, -0.25) is 0 Å². The lowest BCUT2D eigenvalue weighted by atomic mass is 9.92. The molecule has 12 heavy (non-hydrogen) atoms. The highest BCUT2D eigenvalue weighted by atomic mass is 16.3. The van der Waals surface area contributed by atoms with Crippen LogP contribution in [0.15, 0.2) is 0 Å². The summed E-state index contributed by atoms with van der Waals surface area (Å²) in [6, 6.07) is 0. The van der Waals surface area contributed by atoms with Gasteiger partial charge in [-0.15, -0.1) is 0 Å². The standard InChI is InChI=1S/C9H21NO2/c1-8(2,3)10-5-9(4,6-11)7-12/h10-12H,5-7H2,1-4H3. The van der Waals surface area contributed by atoms with Crippen molar-refractivity contribution in [2.45, 2.75) is 33.2 Å². The van der Waals surface area contributed by atoms with Gasteiger partial charge >= 0.3 is 0 Å². The lowest BCUT2D eigenvalue weighted by Crippen LogP contribution is -2.45. The molecule has 0 bridgehead atoms. The van der Waals surface area contributed by atoms with Crippen molar-refractivity contribution in [2.24, 2.45) is 5.41 Å². The molecule has 3 nitrogen and oxygen atoms in total. The molecule has 3 N–H and O–H groups in total. The number of rotatable bonds is 4. The van der Waals surface area contributed by atoms with Crippen LogP contribution in [0.5, 0.6) is 0 Å². The lowest BCUT2D eigenvalue weighted by molar-refractivity contribution is 0.0645. The van der Waals surface area contributed by atoms with Crippen LogP contribution in [-0.4, -0.2) is 35.5 Å².